The van der Waals surface area contributed by atoms with Crippen molar-refractivity contribution in [3.63, 3.8) is 0 Å². The first kappa shape index (κ1) is 19.8. The fraction of sp³-hybridized carbons (Fsp3) is 0.292. The van der Waals surface area contributed by atoms with Crippen LogP contribution in [0.1, 0.15) is 22.3 Å². The lowest BCUT2D eigenvalue weighted by Crippen LogP contribution is -2.37. The Morgan fingerprint density at radius 1 is 1.30 bits per heavy atom. The van der Waals surface area contributed by atoms with Gasteiger partial charge in [-0.15, -0.1) is 0 Å². The maximum absolute atomic E-state index is 13.1. The third kappa shape index (κ3) is 3.15. The van der Waals surface area contributed by atoms with E-state index in [1.54, 1.807) is 24.3 Å². The van der Waals surface area contributed by atoms with Gasteiger partial charge >= 0.3 is 6.03 Å². The molecular weight excluding hydrogens is 422 g/mol. The molecule has 0 aliphatic carbocycles. The molecule has 2 fully saturated rings. The number of allylic oxidation sites excluding steroid dienone is 1. The summed E-state index contributed by atoms with van der Waals surface area (Å²) in [5.74, 6) is 0.499. The minimum absolute atomic E-state index is 0.221. The molecule has 9 nitrogen and oxygen atoms in total. The van der Waals surface area contributed by atoms with Crippen LogP contribution in [-0.4, -0.2) is 53.7 Å². The van der Waals surface area contributed by atoms with Gasteiger partial charge in [0, 0.05) is 49.7 Å². The van der Waals surface area contributed by atoms with Gasteiger partial charge in [0.15, 0.2) is 5.76 Å². The highest BCUT2D eigenvalue weighted by molar-refractivity contribution is 6.16. The number of ketones is 1. The Hall–Kier alpha value is -3.85. The first-order chi connectivity index (χ1) is 16.0. The van der Waals surface area contributed by atoms with Crippen molar-refractivity contribution < 1.29 is 19.1 Å². The van der Waals surface area contributed by atoms with Gasteiger partial charge in [-0.2, -0.15) is 0 Å². The zero-order valence-electron chi connectivity index (χ0n) is 18.3. The summed E-state index contributed by atoms with van der Waals surface area (Å²) in [6.45, 7) is 1.59. The summed E-state index contributed by atoms with van der Waals surface area (Å²) >= 11 is 0. The summed E-state index contributed by atoms with van der Waals surface area (Å²) in [7, 11) is 3.48. The van der Waals surface area contributed by atoms with Gasteiger partial charge in [0.2, 0.25) is 5.78 Å². The zero-order valence-corrected chi connectivity index (χ0v) is 18.3. The van der Waals surface area contributed by atoms with Crippen molar-refractivity contribution in [1.29, 1.82) is 0 Å². The maximum Gasteiger partial charge on any atom is 0.318 e. The summed E-state index contributed by atoms with van der Waals surface area (Å²) in [6, 6.07) is 7.07. The van der Waals surface area contributed by atoms with E-state index in [9.17, 15) is 9.59 Å². The predicted octanol–water partition coefficient (Wildman–Crippen LogP) is 2.92. The summed E-state index contributed by atoms with van der Waals surface area (Å²) in [6.07, 6.45) is 6.89. The lowest BCUT2D eigenvalue weighted by Gasteiger charge is -2.29. The molecule has 2 aromatic heterocycles. The zero-order chi connectivity index (χ0) is 22.7. The third-order valence-corrected chi connectivity index (χ3v) is 6.51. The Balaban J connectivity index is 1.38. The quantitative estimate of drug-likeness (QED) is 0.602. The highest BCUT2D eigenvalue weighted by atomic mass is 16.5. The lowest BCUT2D eigenvalue weighted by atomic mass is 10.1. The van der Waals surface area contributed by atoms with Crippen molar-refractivity contribution in [2.24, 2.45) is 7.05 Å². The van der Waals surface area contributed by atoms with Crippen LogP contribution in [-0.2, 0) is 11.8 Å². The number of urea groups is 1. The van der Waals surface area contributed by atoms with Crippen LogP contribution >= 0.6 is 0 Å². The molecule has 0 saturated carbocycles. The predicted molar refractivity (Wildman–Crippen MR) is 124 cm³/mol. The highest BCUT2D eigenvalue weighted by Gasteiger charge is 2.40. The summed E-state index contributed by atoms with van der Waals surface area (Å²) in [5.41, 5.74) is 3.77. The number of anilines is 2. The van der Waals surface area contributed by atoms with E-state index in [2.05, 4.69) is 20.5 Å². The number of nitrogens with zero attached hydrogens (tertiary/aromatic N) is 3. The summed E-state index contributed by atoms with van der Waals surface area (Å²) in [5, 5.41) is 6.17. The van der Waals surface area contributed by atoms with Gasteiger partial charge in [-0.1, -0.05) is 0 Å². The van der Waals surface area contributed by atoms with E-state index in [1.807, 2.05) is 30.1 Å². The lowest BCUT2D eigenvalue weighted by molar-refractivity contribution is 0.0992. The fourth-order valence-electron chi connectivity index (χ4n) is 4.96. The number of hydrogen-bond acceptors (Lipinski definition) is 6. The summed E-state index contributed by atoms with van der Waals surface area (Å²) < 4.78 is 13.6. The maximum atomic E-state index is 13.1. The van der Waals surface area contributed by atoms with Gasteiger partial charge in [-0.25, -0.2) is 9.78 Å². The molecule has 2 atom stereocenters. The molecule has 2 saturated heterocycles. The molecule has 2 bridgehead atoms. The Kier molecular flexibility index (Phi) is 4.41. The van der Waals surface area contributed by atoms with Crippen molar-refractivity contribution in [1.82, 2.24) is 14.9 Å². The van der Waals surface area contributed by atoms with Gasteiger partial charge in [-0.3, -0.25) is 4.79 Å². The van der Waals surface area contributed by atoms with Crippen LogP contribution in [0, 0.1) is 0 Å². The molecule has 6 rings (SSSR count). The highest BCUT2D eigenvalue weighted by Crippen LogP contribution is 2.39. The van der Waals surface area contributed by atoms with Crippen LogP contribution in [0.25, 0.3) is 17.1 Å². The van der Waals surface area contributed by atoms with Crippen LogP contribution in [0.3, 0.4) is 0 Å². The Morgan fingerprint density at radius 3 is 2.94 bits per heavy atom. The van der Waals surface area contributed by atoms with Gasteiger partial charge in [0.25, 0.3) is 0 Å². The fourth-order valence-corrected chi connectivity index (χ4v) is 4.96. The average Bonchev–Trinajstić information content (AvgIpc) is 3.59. The van der Waals surface area contributed by atoms with Crippen LogP contribution in [0.5, 0.6) is 5.75 Å². The number of nitrogens with one attached hydrogen (secondary N) is 2. The molecule has 0 radical (unpaired) electrons. The third-order valence-electron chi connectivity index (χ3n) is 6.51. The van der Waals surface area contributed by atoms with Crippen LogP contribution in [0.2, 0.25) is 0 Å². The normalized spacial score (nSPS) is 22.2. The molecule has 2 amide bonds. The van der Waals surface area contributed by atoms with Crippen molar-refractivity contribution >= 4 is 40.3 Å². The minimum Gasteiger partial charge on any atom is -0.452 e. The number of ether oxygens (including phenoxy) is 2. The number of aryl methyl sites for hydroxylation is 1. The number of pyridine rings is 1. The number of amides is 2. The largest absolute Gasteiger partial charge is 0.452 e. The smallest absolute Gasteiger partial charge is 0.318 e. The van der Waals surface area contributed by atoms with E-state index in [1.165, 1.54) is 7.05 Å². The molecule has 9 heteroatoms. The van der Waals surface area contributed by atoms with Gasteiger partial charge < -0.3 is 29.6 Å². The Morgan fingerprint density at radius 2 is 2.18 bits per heavy atom. The molecule has 3 aromatic rings. The van der Waals surface area contributed by atoms with Crippen molar-refractivity contribution in [3.05, 3.63) is 53.5 Å². The molecule has 168 valence electrons. The topological polar surface area (TPSA) is 97.7 Å². The molecule has 3 aliphatic heterocycles. The monoisotopic (exact) mass is 445 g/mol. The summed E-state index contributed by atoms with van der Waals surface area (Å²) in [4.78, 5) is 31.7. The molecule has 5 heterocycles. The second-order valence-electron chi connectivity index (χ2n) is 8.58. The van der Waals surface area contributed by atoms with E-state index in [-0.39, 0.29) is 23.7 Å². The van der Waals surface area contributed by atoms with E-state index < -0.39 is 0 Å². The first-order valence-electron chi connectivity index (χ1n) is 10.9. The number of fused-ring (bicyclic) bond motifs is 4. The molecule has 33 heavy (non-hydrogen) atoms. The van der Waals surface area contributed by atoms with Crippen LogP contribution in [0.15, 0.2) is 42.4 Å². The molecule has 3 aliphatic rings. The molecule has 2 N–H and O–H groups in total. The number of benzene rings is 1. The number of hydrogen-bond donors (Lipinski definition) is 2. The van der Waals surface area contributed by atoms with E-state index in [4.69, 9.17) is 9.47 Å². The van der Waals surface area contributed by atoms with E-state index in [0.29, 0.717) is 23.0 Å². The average molecular weight is 445 g/mol. The molecule has 0 spiro atoms. The van der Waals surface area contributed by atoms with Crippen molar-refractivity contribution in [2.45, 2.75) is 18.6 Å². The van der Waals surface area contributed by atoms with Crippen LogP contribution in [0.4, 0.5) is 16.2 Å². The van der Waals surface area contributed by atoms with Crippen molar-refractivity contribution in [2.75, 3.05) is 30.4 Å². The number of rotatable bonds is 3. The number of aromatic nitrogens is 2. The Labute approximate surface area is 190 Å². The molecule has 2 unspecified atom stereocenters. The molecular formula is C24H23N5O4. The number of Topliss-reactive ketones (excluding diaryl/α,β-unsaturated/α-hetero) is 1. The van der Waals surface area contributed by atoms with E-state index >= 15 is 0 Å². The van der Waals surface area contributed by atoms with Crippen molar-refractivity contribution in [3.8, 4) is 5.75 Å². The first-order valence-corrected chi connectivity index (χ1v) is 10.9. The standard InChI is InChI=1S/C24H23N5O4/c1-25-24(31)27-14-3-4-19-17(8-14)22(30)20(33-19)7-13-10-28(2)23-21(13)18(5-6-26-23)29-11-16-9-15(29)12-32-16/h3-8,10,15-16H,9,11-12H2,1-2H3,(H2,25,27,31). The molecule has 1 aromatic carbocycles. The number of carbonyl (C=O) groups excluding carboxylic acids is 2. The SMILES string of the molecule is CNC(=O)Nc1ccc2c(c1)C(=O)C(=Cc1cn(C)c3nccc(N4CC5CC4CO5)c13)O2. The van der Waals surface area contributed by atoms with Crippen LogP contribution < -0.4 is 20.3 Å². The van der Waals surface area contributed by atoms with Gasteiger partial charge in [0.1, 0.15) is 11.4 Å². The minimum atomic E-state index is -0.353. The van der Waals surface area contributed by atoms with Gasteiger partial charge in [0.05, 0.1) is 30.0 Å². The van der Waals surface area contributed by atoms with E-state index in [0.717, 1.165) is 41.9 Å². The Bertz CT molecular complexity index is 1340. The van der Waals surface area contributed by atoms with Gasteiger partial charge in [-0.05, 0) is 36.8 Å². The second-order valence-corrected chi connectivity index (χ2v) is 8.58. The number of morpholine rings is 1. The number of carbonyl (C=O) groups is 2. The second kappa shape index (κ2) is 7.35.